The molecule has 1 saturated carbocycles. The highest BCUT2D eigenvalue weighted by Crippen LogP contribution is 2.16. The summed E-state index contributed by atoms with van der Waals surface area (Å²) in [5.74, 6) is -0.669. The molecule has 0 heterocycles. The molecule has 1 aliphatic rings. The minimum Gasteiger partial charge on any atom is -0.391 e. The molecule has 19 heavy (non-hydrogen) atoms. The summed E-state index contributed by atoms with van der Waals surface area (Å²) in [7, 11) is 0. The van der Waals surface area contributed by atoms with Crippen LogP contribution in [0.25, 0.3) is 0 Å². The predicted molar refractivity (Wildman–Crippen MR) is 73.2 cm³/mol. The minimum absolute atomic E-state index is 0.0777. The van der Waals surface area contributed by atoms with Crippen LogP contribution in [0.4, 0.5) is 0 Å². The van der Waals surface area contributed by atoms with Crippen molar-refractivity contribution in [2.75, 3.05) is 0 Å². The molecule has 0 aromatic carbocycles. The van der Waals surface area contributed by atoms with E-state index in [-0.39, 0.29) is 17.1 Å². The van der Waals surface area contributed by atoms with Gasteiger partial charge in [0.1, 0.15) is 12.1 Å². The van der Waals surface area contributed by atoms with Crippen molar-refractivity contribution in [2.45, 2.75) is 57.1 Å². The zero-order valence-electron chi connectivity index (χ0n) is 11.2. The van der Waals surface area contributed by atoms with Gasteiger partial charge in [-0.15, -0.1) is 0 Å². The summed E-state index contributed by atoms with van der Waals surface area (Å²) in [4.78, 5) is 11.7. The first-order valence-corrected chi connectivity index (χ1v) is 6.44. The fourth-order valence-corrected chi connectivity index (χ4v) is 2.12. The van der Waals surface area contributed by atoms with Crippen molar-refractivity contribution in [3.63, 3.8) is 0 Å². The van der Waals surface area contributed by atoms with E-state index in [2.05, 4.69) is 16.2 Å². The topological polar surface area (TPSA) is 114 Å². The van der Waals surface area contributed by atoms with E-state index in [4.69, 9.17) is 12.2 Å². The number of nitrogens with one attached hydrogen (secondary N) is 3. The highest BCUT2D eigenvalue weighted by atomic mass is 32.1. The molecule has 0 bridgehead atoms. The molecule has 0 radical (unpaired) electrons. The second-order valence-electron chi connectivity index (χ2n) is 5.67. The Morgan fingerprint density at radius 3 is 2.37 bits per heavy atom. The summed E-state index contributed by atoms with van der Waals surface area (Å²) in [6.07, 6.45) is -3.89. The van der Waals surface area contributed by atoms with Crippen LogP contribution in [0.3, 0.4) is 0 Å². The number of carbonyl (C=O) groups is 1. The van der Waals surface area contributed by atoms with Gasteiger partial charge in [0.05, 0.1) is 12.2 Å². The summed E-state index contributed by atoms with van der Waals surface area (Å²) in [5.41, 5.74) is 4.93. The van der Waals surface area contributed by atoms with E-state index in [0.717, 1.165) is 0 Å². The first-order chi connectivity index (χ1) is 8.61. The SMILES string of the molecule is CC(C)(C)NC(=S)NNC1C(=O)C(O)C(O)CC1O. The smallest absolute Gasteiger partial charge is 0.185 e. The van der Waals surface area contributed by atoms with Gasteiger partial charge in [-0.2, -0.15) is 0 Å². The Kier molecular flexibility index (Phi) is 5.22. The van der Waals surface area contributed by atoms with Gasteiger partial charge in [-0.1, -0.05) is 0 Å². The second kappa shape index (κ2) is 6.10. The Morgan fingerprint density at radius 2 is 1.84 bits per heavy atom. The van der Waals surface area contributed by atoms with E-state index in [1.807, 2.05) is 20.8 Å². The van der Waals surface area contributed by atoms with Gasteiger partial charge in [-0.3, -0.25) is 10.2 Å². The average molecular weight is 291 g/mol. The van der Waals surface area contributed by atoms with E-state index < -0.39 is 30.1 Å². The molecule has 0 aromatic heterocycles. The molecular formula is C11H21N3O4S. The molecule has 4 unspecified atom stereocenters. The van der Waals surface area contributed by atoms with Crippen molar-refractivity contribution in [3.8, 4) is 0 Å². The van der Waals surface area contributed by atoms with Crippen molar-refractivity contribution in [1.82, 2.24) is 16.2 Å². The molecule has 1 aliphatic carbocycles. The maximum atomic E-state index is 11.7. The molecule has 1 fully saturated rings. The van der Waals surface area contributed by atoms with Crippen molar-refractivity contribution in [2.24, 2.45) is 0 Å². The van der Waals surface area contributed by atoms with Gasteiger partial charge in [-0.25, -0.2) is 5.43 Å². The fourth-order valence-electron chi connectivity index (χ4n) is 1.76. The first-order valence-electron chi connectivity index (χ1n) is 6.03. The maximum absolute atomic E-state index is 11.7. The molecule has 0 aliphatic heterocycles. The maximum Gasteiger partial charge on any atom is 0.185 e. The molecule has 110 valence electrons. The van der Waals surface area contributed by atoms with Crippen LogP contribution in [0, 0.1) is 0 Å². The fraction of sp³-hybridized carbons (Fsp3) is 0.818. The molecule has 4 atom stereocenters. The Bertz CT molecular complexity index is 358. The lowest BCUT2D eigenvalue weighted by Gasteiger charge is -2.34. The molecule has 8 heteroatoms. The number of aliphatic hydroxyl groups excluding tert-OH is 3. The van der Waals surface area contributed by atoms with Crippen LogP contribution in [-0.2, 0) is 4.79 Å². The number of aliphatic hydroxyl groups is 3. The molecule has 7 nitrogen and oxygen atoms in total. The quantitative estimate of drug-likeness (QED) is 0.260. The molecule has 0 aromatic rings. The number of carbonyl (C=O) groups excluding carboxylic acids is 1. The van der Waals surface area contributed by atoms with Gasteiger partial charge >= 0.3 is 0 Å². The van der Waals surface area contributed by atoms with Crippen molar-refractivity contribution < 1.29 is 20.1 Å². The number of hydrogen-bond donors (Lipinski definition) is 6. The van der Waals surface area contributed by atoms with E-state index in [1.165, 1.54) is 0 Å². The Balaban J connectivity index is 2.52. The Hall–Kier alpha value is -0.800. The molecule has 0 amide bonds. The van der Waals surface area contributed by atoms with E-state index in [0.29, 0.717) is 0 Å². The van der Waals surface area contributed by atoms with Crippen LogP contribution in [-0.4, -0.2) is 56.1 Å². The van der Waals surface area contributed by atoms with Gasteiger partial charge in [0, 0.05) is 12.0 Å². The van der Waals surface area contributed by atoms with Crippen molar-refractivity contribution >= 4 is 23.1 Å². The number of Topliss-reactive ketones (excluding diaryl/α,β-unsaturated/α-hetero) is 1. The summed E-state index contributed by atoms with van der Waals surface area (Å²) in [6.45, 7) is 5.76. The number of hydrazine groups is 1. The molecule has 6 N–H and O–H groups in total. The number of hydrogen-bond acceptors (Lipinski definition) is 6. The number of rotatable bonds is 2. The molecule has 0 saturated heterocycles. The predicted octanol–water partition coefficient (Wildman–Crippen LogP) is -1.82. The Labute approximate surface area is 117 Å². The van der Waals surface area contributed by atoms with Gasteiger partial charge in [-0.05, 0) is 33.0 Å². The number of ketones is 1. The highest BCUT2D eigenvalue weighted by Gasteiger charge is 2.41. The lowest BCUT2D eigenvalue weighted by Crippen LogP contribution is -2.63. The minimum atomic E-state index is -1.49. The second-order valence-corrected chi connectivity index (χ2v) is 6.08. The van der Waals surface area contributed by atoms with E-state index >= 15 is 0 Å². The van der Waals surface area contributed by atoms with Gasteiger partial charge in [0.15, 0.2) is 10.9 Å². The summed E-state index contributed by atoms with van der Waals surface area (Å²) < 4.78 is 0. The highest BCUT2D eigenvalue weighted by molar-refractivity contribution is 7.80. The lowest BCUT2D eigenvalue weighted by atomic mass is 9.87. The van der Waals surface area contributed by atoms with Crippen molar-refractivity contribution in [1.29, 1.82) is 0 Å². The lowest BCUT2D eigenvalue weighted by molar-refractivity contribution is -0.147. The first kappa shape index (κ1) is 16.3. The van der Waals surface area contributed by atoms with Crippen LogP contribution in [0.5, 0.6) is 0 Å². The normalized spacial score (nSPS) is 32.0. The third kappa shape index (κ3) is 4.66. The summed E-state index contributed by atoms with van der Waals surface area (Å²) in [5, 5.41) is 31.8. The third-order valence-electron chi connectivity index (χ3n) is 2.66. The largest absolute Gasteiger partial charge is 0.391 e. The van der Waals surface area contributed by atoms with E-state index in [9.17, 15) is 20.1 Å². The zero-order chi connectivity index (χ0) is 14.8. The average Bonchev–Trinajstić information content (AvgIpc) is 2.23. The van der Waals surface area contributed by atoms with Crippen LogP contribution < -0.4 is 16.2 Å². The van der Waals surface area contributed by atoms with Crippen molar-refractivity contribution in [3.05, 3.63) is 0 Å². The third-order valence-corrected chi connectivity index (χ3v) is 2.86. The Morgan fingerprint density at radius 1 is 1.26 bits per heavy atom. The number of thiocarbonyl (C=S) groups is 1. The van der Waals surface area contributed by atoms with E-state index in [1.54, 1.807) is 0 Å². The van der Waals surface area contributed by atoms with Crippen LogP contribution in [0.1, 0.15) is 27.2 Å². The van der Waals surface area contributed by atoms with Crippen LogP contribution in [0.15, 0.2) is 0 Å². The molecule has 0 spiro atoms. The molecule has 1 rings (SSSR count). The zero-order valence-corrected chi connectivity index (χ0v) is 12.0. The van der Waals surface area contributed by atoms with Gasteiger partial charge in [0.2, 0.25) is 0 Å². The monoisotopic (exact) mass is 291 g/mol. The van der Waals surface area contributed by atoms with Gasteiger partial charge in [0.25, 0.3) is 0 Å². The van der Waals surface area contributed by atoms with Crippen LogP contribution >= 0.6 is 12.2 Å². The molecular weight excluding hydrogens is 270 g/mol. The van der Waals surface area contributed by atoms with Gasteiger partial charge < -0.3 is 20.6 Å². The standard InChI is InChI=1S/C11H21N3O4S/c1-11(2,3)12-10(19)14-13-7-5(15)4-6(16)8(17)9(7)18/h5-8,13,15-17H,4H2,1-3H3,(H2,12,14,19). The summed E-state index contributed by atoms with van der Waals surface area (Å²) in [6, 6.07) is -1.02. The summed E-state index contributed by atoms with van der Waals surface area (Å²) >= 11 is 5.01. The van der Waals surface area contributed by atoms with Crippen LogP contribution in [0.2, 0.25) is 0 Å².